The molecule has 0 saturated carbocycles. The van der Waals surface area contributed by atoms with Gasteiger partial charge in [-0.05, 0) is 30.0 Å². The van der Waals surface area contributed by atoms with E-state index in [0.717, 1.165) is 0 Å². The van der Waals surface area contributed by atoms with Crippen molar-refractivity contribution in [1.29, 1.82) is 0 Å². The predicted octanol–water partition coefficient (Wildman–Crippen LogP) is 3.49. The topological polar surface area (TPSA) is 0 Å². The van der Waals surface area contributed by atoms with Gasteiger partial charge in [-0.25, -0.2) is 4.39 Å². The lowest BCUT2D eigenvalue weighted by atomic mass is 10.0. The third-order valence-electron chi connectivity index (χ3n) is 1.58. The molecule has 1 rings (SSSR count). The van der Waals surface area contributed by atoms with Gasteiger partial charge in [0, 0.05) is 5.02 Å². The minimum Gasteiger partial charge on any atom is -0.207 e. The maximum absolute atomic E-state index is 13.1. The smallest absolute Gasteiger partial charge is 0.127 e. The van der Waals surface area contributed by atoms with Crippen LogP contribution in [0.5, 0.6) is 0 Å². The van der Waals surface area contributed by atoms with Crippen LogP contribution in [-0.2, 0) is 6.42 Å². The van der Waals surface area contributed by atoms with Crippen LogP contribution in [0.25, 0.3) is 0 Å². The summed E-state index contributed by atoms with van der Waals surface area (Å²) in [4.78, 5) is 0. The fourth-order valence-electron chi connectivity index (χ4n) is 1.06. The summed E-state index contributed by atoms with van der Waals surface area (Å²) in [6, 6.07) is 4.74. The highest BCUT2D eigenvalue weighted by atomic mass is 35.5. The Bertz CT molecular complexity index is 269. The lowest BCUT2D eigenvalue weighted by molar-refractivity contribution is 0.591. The first-order valence-corrected chi connectivity index (χ1v) is 4.24. The van der Waals surface area contributed by atoms with E-state index in [0.29, 0.717) is 17.0 Å². The van der Waals surface area contributed by atoms with Gasteiger partial charge < -0.3 is 0 Å². The van der Waals surface area contributed by atoms with Gasteiger partial charge in [-0.1, -0.05) is 31.5 Å². The van der Waals surface area contributed by atoms with Gasteiger partial charge in [-0.3, -0.25) is 0 Å². The van der Waals surface area contributed by atoms with Gasteiger partial charge in [-0.2, -0.15) is 0 Å². The number of hydrogen-bond donors (Lipinski definition) is 0. The summed E-state index contributed by atoms with van der Waals surface area (Å²) in [5.41, 5.74) is 0.682. The molecule has 65 valence electrons. The number of rotatable bonds is 2. The van der Waals surface area contributed by atoms with Crippen molar-refractivity contribution < 1.29 is 4.39 Å². The number of halogens is 2. The molecule has 1 aromatic rings. The third kappa shape index (κ3) is 2.49. The van der Waals surface area contributed by atoms with Gasteiger partial charge in [0.2, 0.25) is 0 Å². The van der Waals surface area contributed by atoms with Gasteiger partial charge in [0.15, 0.2) is 0 Å². The van der Waals surface area contributed by atoms with Crippen molar-refractivity contribution in [2.45, 2.75) is 13.3 Å². The van der Waals surface area contributed by atoms with Crippen LogP contribution in [0.4, 0.5) is 4.39 Å². The number of benzene rings is 1. The second-order valence-electron chi connectivity index (χ2n) is 3.05. The zero-order chi connectivity index (χ0) is 9.14. The van der Waals surface area contributed by atoms with E-state index >= 15 is 0 Å². The summed E-state index contributed by atoms with van der Waals surface area (Å²) >= 11 is 5.60. The highest BCUT2D eigenvalue weighted by Crippen LogP contribution is 2.17. The van der Waals surface area contributed by atoms with Crippen molar-refractivity contribution in [3.63, 3.8) is 0 Å². The standard InChI is InChI=1S/C10H11ClF/c1-7(2)5-8-3-4-9(11)6-10(8)12/h3-4,6-7H,1,5H2,2H3. The minimum atomic E-state index is -0.238. The van der Waals surface area contributed by atoms with Crippen LogP contribution in [0.1, 0.15) is 12.5 Å². The zero-order valence-electron chi connectivity index (χ0n) is 6.98. The Kier molecular flexibility index (Phi) is 3.10. The molecule has 2 heteroatoms. The summed E-state index contributed by atoms with van der Waals surface area (Å²) < 4.78 is 13.1. The molecule has 0 heterocycles. The van der Waals surface area contributed by atoms with E-state index in [9.17, 15) is 4.39 Å². The van der Waals surface area contributed by atoms with Crippen molar-refractivity contribution in [3.05, 3.63) is 41.5 Å². The zero-order valence-corrected chi connectivity index (χ0v) is 7.74. The maximum Gasteiger partial charge on any atom is 0.127 e. The summed E-state index contributed by atoms with van der Waals surface area (Å²) in [6.45, 7) is 5.75. The third-order valence-corrected chi connectivity index (χ3v) is 1.82. The average Bonchev–Trinajstić information content (AvgIpc) is 1.94. The molecule has 0 aliphatic carbocycles. The molecular weight excluding hydrogens is 175 g/mol. The second-order valence-corrected chi connectivity index (χ2v) is 3.48. The first kappa shape index (κ1) is 9.53. The van der Waals surface area contributed by atoms with E-state index < -0.39 is 0 Å². The lowest BCUT2D eigenvalue weighted by Gasteiger charge is -2.05. The first-order valence-electron chi connectivity index (χ1n) is 3.86. The summed E-state index contributed by atoms with van der Waals surface area (Å²) in [6.07, 6.45) is 0.656. The Labute approximate surface area is 77.4 Å². The predicted molar refractivity (Wildman–Crippen MR) is 49.6 cm³/mol. The Balaban J connectivity index is 2.86. The van der Waals surface area contributed by atoms with E-state index in [-0.39, 0.29) is 11.7 Å². The van der Waals surface area contributed by atoms with E-state index in [1.165, 1.54) is 6.07 Å². The molecule has 0 N–H and O–H groups in total. The van der Waals surface area contributed by atoms with Crippen molar-refractivity contribution in [2.75, 3.05) is 0 Å². The fourth-order valence-corrected chi connectivity index (χ4v) is 1.22. The molecule has 0 amide bonds. The Morgan fingerprint density at radius 2 is 2.25 bits per heavy atom. The van der Waals surface area contributed by atoms with Gasteiger partial charge in [0.05, 0.1) is 0 Å². The average molecular weight is 186 g/mol. The SMILES string of the molecule is [CH2]C(C)Cc1ccc(Cl)cc1F. The van der Waals surface area contributed by atoms with Crippen molar-refractivity contribution in [1.82, 2.24) is 0 Å². The highest BCUT2D eigenvalue weighted by molar-refractivity contribution is 6.30. The Morgan fingerprint density at radius 1 is 1.58 bits per heavy atom. The van der Waals surface area contributed by atoms with E-state index in [4.69, 9.17) is 11.6 Å². The number of hydrogen-bond acceptors (Lipinski definition) is 0. The minimum absolute atomic E-state index is 0.223. The van der Waals surface area contributed by atoms with Crippen molar-refractivity contribution in [2.24, 2.45) is 5.92 Å². The molecule has 1 radical (unpaired) electrons. The largest absolute Gasteiger partial charge is 0.207 e. The molecule has 0 spiro atoms. The Morgan fingerprint density at radius 3 is 2.75 bits per heavy atom. The molecular formula is C10H11ClF. The molecule has 12 heavy (non-hydrogen) atoms. The fraction of sp³-hybridized carbons (Fsp3) is 0.300. The van der Waals surface area contributed by atoms with Gasteiger partial charge in [-0.15, -0.1) is 0 Å². The van der Waals surface area contributed by atoms with E-state index in [1.54, 1.807) is 12.1 Å². The van der Waals surface area contributed by atoms with Gasteiger partial charge in [0.25, 0.3) is 0 Å². The molecule has 0 fully saturated rings. The van der Waals surface area contributed by atoms with Crippen LogP contribution in [0, 0.1) is 18.7 Å². The normalized spacial score (nSPS) is 10.8. The van der Waals surface area contributed by atoms with E-state index in [1.807, 2.05) is 6.92 Å². The molecule has 0 aliphatic rings. The quantitative estimate of drug-likeness (QED) is 0.662. The molecule has 1 atom stereocenters. The van der Waals surface area contributed by atoms with Crippen LogP contribution < -0.4 is 0 Å². The van der Waals surface area contributed by atoms with E-state index in [2.05, 4.69) is 6.92 Å². The highest BCUT2D eigenvalue weighted by Gasteiger charge is 2.04. The summed E-state index contributed by atoms with van der Waals surface area (Å²) in [7, 11) is 0. The van der Waals surface area contributed by atoms with Crippen LogP contribution in [-0.4, -0.2) is 0 Å². The molecule has 0 nitrogen and oxygen atoms in total. The summed E-state index contributed by atoms with van der Waals surface area (Å²) in [5, 5.41) is 0.438. The van der Waals surface area contributed by atoms with Gasteiger partial charge in [0.1, 0.15) is 5.82 Å². The molecule has 1 aromatic carbocycles. The van der Waals surface area contributed by atoms with Crippen LogP contribution >= 0.6 is 11.6 Å². The molecule has 1 unspecified atom stereocenters. The first-order chi connectivity index (χ1) is 5.59. The Hall–Kier alpha value is -0.560. The van der Waals surface area contributed by atoms with Crippen LogP contribution in [0.3, 0.4) is 0 Å². The second kappa shape index (κ2) is 3.90. The lowest BCUT2D eigenvalue weighted by Crippen LogP contribution is -1.97. The van der Waals surface area contributed by atoms with Gasteiger partial charge >= 0.3 is 0 Å². The van der Waals surface area contributed by atoms with Crippen LogP contribution in [0.2, 0.25) is 5.02 Å². The molecule has 0 aliphatic heterocycles. The molecule has 0 saturated heterocycles. The summed E-state index contributed by atoms with van der Waals surface area (Å²) in [5.74, 6) is -0.0151. The van der Waals surface area contributed by atoms with Crippen LogP contribution in [0.15, 0.2) is 18.2 Å². The molecule has 0 aromatic heterocycles. The van der Waals surface area contributed by atoms with Crippen molar-refractivity contribution in [3.8, 4) is 0 Å². The van der Waals surface area contributed by atoms with Crippen molar-refractivity contribution >= 4 is 11.6 Å². The maximum atomic E-state index is 13.1. The molecule has 0 bridgehead atoms. The monoisotopic (exact) mass is 185 g/mol.